The van der Waals surface area contributed by atoms with Gasteiger partial charge in [-0.05, 0) is 23.8 Å². The minimum absolute atomic E-state index is 0.837. The Bertz CT molecular complexity index is 471. The first-order valence-corrected chi connectivity index (χ1v) is 6.75. The number of halogens is 1. The van der Waals surface area contributed by atoms with Gasteiger partial charge in [0.1, 0.15) is 0 Å². The fourth-order valence-corrected chi connectivity index (χ4v) is 2.84. The van der Waals surface area contributed by atoms with E-state index in [-0.39, 0.29) is 0 Å². The number of nitrogens with two attached hydrogens (primary N) is 1. The fourth-order valence-electron chi connectivity index (χ4n) is 1.37. The van der Waals surface area contributed by atoms with Gasteiger partial charge >= 0.3 is 0 Å². The molecule has 2 aromatic rings. The molecule has 0 bridgehead atoms. The number of thioether (sulfide) groups is 1. The normalized spacial score (nSPS) is 10.3. The Labute approximate surface area is 108 Å². The lowest BCUT2D eigenvalue weighted by atomic mass is 10.2. The molecular formula is C13H12BrNS. The third-order valence-electron chi connectivity index (χ3n) is 2.21. The third kappa shape index (κ3) is 3.03. The molecule has 0 fully saturated rings. The molecular weight excluding hydrogens is 282 g/mol. The van der Waals surface area contributed by atoms with Crippen molar-refractivity contribution in [2.24, 2.45) is 0 Å². The number of hydrogen-bond donors (Lipinski definition) is 1. The third-order valence-corrected chi connectivity index (χ3v) is 3.85. The number of rotatable bonds is 3. The van der Waals surface area contributed by atoms with Crippen molar-refractivity contribution < 1.29 is 0 Å². The molecule has 0 aliphatic heterocycles. The summed E-state index contributed by atoms with van der Waals surface area (Å²) in [4.78, 5) is 1.12. The summed E-state index contributed by atoms with van der Waals surface area (Å²) in [5, 5.41) is 0. The second-order valence-electron chi connectivity index (χ2n) is 3.46. The lowest BCUT2D eigenvalue weighted by molar-refractivity contribution is 1.37. The molecule has 0 aliphatic rings. The molecule has 0 unspecified atom stereocenters. The van der Waals surface area contributed by atoms with Gasteiger partial charge in [0, 0.05) is 20.8 Å². The summed E-state index contributed by atoms with van der Waals surface area (Å²) in [5.74, 6) is 0.946. The zero-order chi connectivity index (χ0) is 11.4. The minimum Gasteiger partial charge on any atom is -0.398 e. The molecule has 0 radical (unpaired) electrons. The van der Waals surface area contributed by atoms with Crippen molar-refractivity contribution >= 4 is 33.4 Å². The van der Waals surface area contributed by atoms with Crippen molar-refractivity contribution in [3.8, 4) is 0 Å². The second-order valence-corrected chi connectivity index (χ2v) is 5.39. The average Bonchev–Trinajstić information content (AvgIpc) is 2.32. The maximum Gasteiger partial charge on any atom is 0.0453 e. The van der Waals surface area contributed by atoms with Crippen LogP contribution in [-0.4, -0.2) is 0 Å². The maximum absolute atomic E-state index is 5.91. The molecule has 0 saturated heterocycles. The van der Waals surface area contributed by atoms with Gasteiger partial charge in [-0.15, -0.1) is 11.8 Å². The summed E-state index contributed by atoms with van der Waals surface area (Å²) in [6.07, 6.45) is 0. The van der Waals surface area contributed by atoms with Crippen LogP contribution in [0.2, 0.25) is 0 Å². The van der Waals surface area contributed by atoms with Crippen LogP contribution < -0.4 is 5.73 Å². The summed E-state index contributed by atoms with van der Waals surface area (Å²) in [5.41, 5.74) is 8.06. The SMILES string of the molecule is Nc1ccc(Br)cc1SCc1ccccc1. The Kier molecular flexibility index (Phi) is 3.91. The Morgan fingerprint density at radius 2 is 1.81 bits per heavy atom. The van der Waals surface area contributed by atoms with Gasteiger partial charge in [-0.25, -0.2) is 0 Å². The van der Waals surface area contributed by atoms with Crippen LogP contribution in [0.3, 0.4) is 0 Å². The Balaban J connectivity index is 2.08. The summed E-state index contributed by atoms with van der Waals surface area (Å²) in [6, 6.07) is 16.3. The van der Waals surface area contributed by atoms with Gasteiger partial charge in [-0.3, -0.25) is 0 Å². The van der Waals surface area contributed by atoms with Crippen LogP contribution in [0, 0.1) is 0 Å². The number of benzene rings is 2. The molecule has 82 valence electrons. The van der Waals surface area contributed by atoms with E-state index in [1.807, 2.05) is 18.2 Å². The summed E-state index contributed by atoms with van der Waals surface area (Å²) >= 11 is 5.21. The molecule has 2 rings (SSSR count). The van der Waals surface area contributed by atoms with E-state index < -0.39 is 0 Å². The van der Waals surface area contributed by atoms with Gasteiger partial charge in [0.05, 0.1) is 0 Å². The average molecular weight is 294 g/mol. The first-order chi connectivity index (χ1) is 7.75. The second kappa shape index (κ2) is 5.41. The summed E-state index contributed by atoms with van der Waals surface area (Å²) in [6.45, 7) is 0. The smallest absolute Gasteiger partial charge is 0.0453 e. The minimum atomic E-state index is 0.837. The molecule has 0 spiro atoms. The first-order valence-electron chi connectivity index (χ1n) is 4.97. The van der Waals surface area contributed by atoms with Crippen molar-refractivity contribution in [2.75, 3.05) is 5.73 Å². The van der Waals surface area contributed by atoms with E-state index in [0.717, 1.165) is 20.8 Å². The van der Waals surface area contributed by atoms with Crippen molar-refractivity contribution in [2.45, 2.75) is 10.6 Å². The predicted octanol–water partition coefficient (Wildman–Crippen LogP) is 4.32. The molecule has 0 saturated carbocycles. The van der Waals surface area contributed by atoms with Gasteiger partial charge in [-0.1, -0.05) is 46.3 Å². The zero-order valence-corrected chi connectivity index (χ0v) is 11.1. The largest absolute Gasteiger partial charge is 0.398 e. The Morgan fingerprint density at radius 3 is 2.56 bits per heavy atom. The number of anilines is 1. The van der Waals surface area contributed by atoms with Crippen LogP contribution in [0.15, 0.2) is 57.9 Å². The van der Waals surface area contributed by atoms with E-state index in [2.05, 4.69) is 46.3 Å². The van der Waals surface area contributed by atoms with E-state index in [0.29, 0.717) is 0 Å². The zero-order valence-electron chi connectivity index (χ0n) is 8.69. The molecule has 0 amide bonds. The van der Waals surface area contributed by atoms with Gasteiger partial charge < -0.3 is 5.73 Å². The molecule has 2 aromatic carbocycles. The monoisotopic (exact) mass is 293 g/mol. The molecule has 16 heavy (non-hydrogen) atoms. The maximum atomic E-state index is 5.91. The van der Waals surface area contributed by atoms with Crippen LogP contribution in [0.4, 0.5) is 5.69 Å². The van der Waals surface area contributed by atoms with Crippen molar-refractivity contribution in [1.82, 2.24) is 0 Å². The Hall–Kier alpha value is -0.930. The van der Waals surface area contributed by atoms with Crippen LogP contribution in [0.25, 0.3) is 0 Å². The highest BCUT2D eigenvalue weighted by Gasteiger charge is 2.01. The quantitative estimate of drug-likeness (QED) is 0.674. The van der Waals surface area contributed by atoms with E-state index in [1.165, 1.54) is 5.56 Å². The van der Waals surface area contributed by atoms with Crippen LogP contribution in [0.5, 0.6) is 0 Å². The van der Waals surface area contributed by atoms with E-state index in [9.17, 15) is 0 Å². The molecule has 0 aliphatic carbocycles. The lowest BCUT2D eigenvalue weighted by Gasteiger charge is -2.05. The van der Waals surface area contributed by atoms with Crippen molar-refractivity contribution in [1.29, 1.82) is 0 Å². The van der Waals surface area contributed by atoms with Crippen molar-refractivity contribution in [3.63, 3.8) is 0 Å². The van der Waals surface area contributed by atoms with Crippen LogP contribution >= 0.6 is 27.7 Å². The number of nitrogen functional groups attached to an aromatic ring is 1. The standard InChI is InChI=1S/C13H12BrNS/c14-11-6-7-12(15)13(8-11)16-9-10-4-2-1-3-5-10/h1-8H,9,15H2. The molecule has 3 heteroatoms. The number of hydrogen-bond acceptors (Lipinski definition) is 2. The van der Waals surface area contributed by atoms with Crippen LogP contribution in [0.1, 0.15) is 5.56 Å². The predicted molar refractivity (Wildman–Crippen MR) is 74.6 cm³/mol. The molecule has 2 N–H and O–H groups in total. The van der Waals surface area contributed by atoms with E-state index in [4.69, 9.17) is 5.73 Å². The summed E-state index contributed by atoms with van der Waals surface area (Å²) in [7, 11) is 0. The summed E-state index contributed by atoms with van der Waals surface area (Å²) < 4.78 is 1.07. The highest BCUT2D eigenvalue weighted by molar-refractivity contribution is 9.10. The molecule has 1 nitrogen and oxygen atoms in total. The molecule has 0 aromatic heterocycles. The van der Waals surface area contributed by atoms with Gasteiger partial charge in [-0.2, -0.15) is 0 Å². The van der Waals surface area contributed by atoms with Gasteiger partial charge in [0.25, 0.3) is 0 Å². The van der Waals surface area contributed by atoms with E-state index in [1.54, 1.807) is 11.8 Å². The lowest BCUT2D eigenvalue weighted by Crippen LogP contribution is -1.88. The van der Waals surface area contributed by atoms with Crippen LogP contribution in [-0.2, 0) is 5.75 Å². The van der Waals surface area contributed by atoms with E-state index >= 15 is 0 Å². The molecule has 0 heterocycles. The molecule has 0 atom stereocenters. The van der Waals surface area contributed by atoms with Crippen molar-refractivity contribution in [3.05, 3.63) is 58.6 Å². The first kappa shape index (κ1) is 11.6. The topological polar surface area (TPSA) is 26.0 Å². The van der Waals surface area contributed by atoms with Gasteiger partial charge in [0.15, 0.2) is 0 Å². The van der Waals surface area contributed by atoms with Gasteiger partial charge in [0.2, 0.25) is 0 Å². The Morgan fingerprint density at radius 1 is 1.06 bits per heavy atom. The fraction of sp³-hybridized carbons (Fsp3) is 0.0769. The highest BCUT2D eigenvalue weighted by Crippen LogP contribution is 2.30. The highest BCUT2D eigenvalue weighted by atomic mass is 79.9.